The molecule has 5 nitrogen and oxygen atoms in total. The highest BCUT2D eigenvalue weighted by Crippen LogP contribution is 2.21. The zero-order valence-corrected chi connectivity index (χ0v) is 8.52. The van der Waals surface area contributed by atoms with E-state index in [1.165, 1.54) is 4.57 Å². The lowest BCUT2D eigenvalue weighted by Gasteiger charge is -2.00. The third-order valence-corrected chi connectivity index (χ3v) is 2.25. The molecule has 5 heteroatoms. The highest BCUT2D eigenvalue weighted by molar-refractivity contribution is 5.91. The minimum absolute atomic E-state index is 0.514. The summed E-state index contributed by atoms with van der Waals surface area (Å²) in [5.41, 5.74) is 7.55. The van der Waals surface area contributed by atoms with Gasteiger partial charge in [0.15, 0.2) is 0 Å². The molecule has 0 saturated carbocycles. The SMILES string of the molecule is COc1ccc2c(n1)c(C)cn2C(N)=O. The number of amides is 1. The number of nitrogens with zero attached hydrogens (tertiary/aromatic N) is 2. The fourth-order valence-corrected chi connectivity index (χ4v) is 1.54. The van der Waals surface area contributed by atoms with E-state index in [-0.39, 0.29) is 0 Å². The Kier molecular flexibility index (Phi) is 2.07. The van der Waals surface area contributed by atoms with Crippen molar-refractivity contribution >= 4 is 17.1 Å². The molecule has 15 heavy (non-hydrogen) atoms. The number of aryl methyl sites for hydroxylation is 1. The van der Waals surface area contributed by atoms with Crippen molar-refractivity contribution in [3.8, 4) is 5.88 Å². The first-order valence-corrected chi connectivity index (χ1v) is 4.46. The first kappa shape index (κ1) is 9.51. The van der Waals surface area contributed by atoms with E-state index in [4.69, 9.17) is 10.5 Å². The molecule has 0 aromatic carbocycles. The van der Waals surface area contributed by atoms with Gasteiger partial charge in [0.25, 0.3) is 0 Å². The number of hydrogen-bond acceptors (Lipinski definition) is 3. The van der Waals surface area contributed by atoms with E-state index in [1.54, 1.807) is 25.4 Å². The Morgan fingerprint density at radius 2 is 2.27 bits per heavy atom. The van der Waals surface area contributed by atoms with Crippen LogP contribution in [0.3, 0.4) is 0 Å². The molecule has 0 aliphatic carbocycles. The number of nitrogens with two attached hydrogens (primary N) is 1. The van der Waals surface area contributed by atoms with Crippen LogP contribution in [0.25, 0.3) is 11.0 Å². The van der Waals surface area contributed by atoms with Crippen LogP contribution < -0.4 is 10.5 Å². The molecule has 0 aliphatic heterocycles. The van der Waals surface area contributed by atoms with Crippen molar-refractivity contribution in [3.63, 3.8) is 0 Å². The van der Waals surface area contributed by atoms with Crippen LogP contribution in [0.15, 0.2) is 18.3 Å². The summed E-state index contributed by atoms with van der Waals surface area (Å²) in [4.78, 5) is 15.4. The number of ether oxygens (including phenoxy) is 1. The van der Waals surface area contributed by atoms with Crippen molar-refractivity contribution in [2.45, 2.75) is 6.92 Å². The smallest absolute Gasteiger partial charge is 0.323 e. The Balaban J connectivity index is 2.75. The van der Waals surface area contributed by atoms with E-state index in [9.17, 15) is 4.79 Å². The monoisotopic (exact) mass is 205 g/mol. The van der Waals surface area contributed by atoms with Gasteiger partial charge in [-0.2, -0.15) is 0 Å². The molecule has 0 radical (unpaired) electrons. The number of methoxy groups -OCH3 is 1. The predicted molar refractivity (Wildman–Crippen MR) is 56.0 cm³/mol. The maximum absolute atomic E-state index is 11.1. The van der Waals surface area contributed by atoms with Crippen LogP contribution in [-0.2, 0) is 0 Å². The molecule has 78 valence electrons. The third kappa shape index (κ3) is 1.41. The Morgan fingerprint density at radius 1 is 1.53 bits per heavy atom. The van der Waals surface area contributed by atoms with Crippen LogP contribution in [0, 0.1) is 6.92 Å². The summed E-state index contributed by atoms with van der Waals surface area (Å²) in [6, 6.07) is 2.94. The van der Waals surface area contributed by atoms with Gasteiger partial charge in [0, 0.05) is 12.3 Å². The lowest BCUT2D eigenvalue weighted by molar-refractivity contribution is 0.251. The maximum atomic E-state index is 11.1. The maximum Gasteiger partial charge on any atom is 0.323 e. The summed E-state index contributed by atoms with van der Waals surface area (Å²) in [5, 5.41) is 0. The fraction of sp³-hybridized carbons (Fsp3) is 0.200. The predicted octanol–water partition coefficient (Wildman–Crippen LogP) is 1.28. The highest BCUT2D eigenvalue weighted by Gasteiger charge is 2.10. The molecule has 0 unspecified atom stereocenters. The molecule has 2 N–H and O–H groups in total. The topological polar surface area (TPSA) is 70.1 Å². The van der Waals surface area contributed by atoms with E-state index >= 15 is 0 Å². The van der Waals surface area contributed by atoms with Gasteiger partial charge in [-0.15, -0.1) is 0 Å². The van der Waals surface area contributed by atoms with Crippen LogP contribution in [-0.4, -0.2) is 22.7 Å². The van der Waals surface area contributed by atoms with Crippen molar-refractivity contribution < 1.29 is 9.53 Å². The third-order valence-electron chi connectivity index (χ3n) is 2.25. The lowest BCUT2D eigenvalue weighted by Crippen LogP contribution is -2.18. The van der Waals surface area contributed by atoms with Gasteiger partial charge in [-0.05, 0) is 18.6 Å². The number of primary amides is 1. The van der Waals surface area contributed by atoms with Gasteiger partial charge in [0.1, 0.15) is 0 Å². The van der Waals surface area contributed by atoms with Crippen molar-refractivity contribution in [3.05, 3.63) is 23.9 Å². The summed E-state index contributed by atoms with van der Waals surface area (Å²) in [6.07, 6.45) is 1.67. The van der Waals surface area contributed by atoms with Gasteiger partial charge in [-0.3, -0.25) is 4.57 Å². The van der Waals surface area contributed by atoms with Crippen LogP contribution in [0.1, 0.15) is 5.56 Å². The Hall–Kier alpha value is -2.04. The van der Waals surface area contributed by atoms with Gasteiger partial charge in [0.05, 0.1) is 18.1 Å². The molecule has 0 atom stereocenters. The molecule has 2 aromatic rings. The molecule has 0 saturated heterocycles. The molecule has 0 spiro atoms. The largest absolute Gasteiger partial charge is 0.481 e. The number of rotatable bonds is 1. The van der Waals surface area contributed by atoms with Crippen LogP contribution in [0.4, 0.5) is 4.79 Å². The van der Waals surface area contributed by atoms with Crippen molar-refractivity contribution in [1.29, 1.82) is 0 Å². The first-order chi connectivity index (χ1) is 7.13. The molecule has 2 rings (SSSR count). The Bertz CT molecular complexity index is 531. The normalized spacial score (nSPS) is 10.5. The van der Waals surface area contributed by atoms with Gasteiger partial charge in [-0.25, -0.2) is 9.78 Å². The molecule has 1 amide bonds. The van der Waals surface area contributed by atoms with Gasteiger partial charge >= 0.3 is 6.03 Å². The lowest BCUT2D eigenvalue weighted by atomic mass is 10.3. The standard InChI is InChI=1S/C10H11N3O2/c1-6-5-13(10(11)14)7-3-4-8(15-2)12-9(6)7/h3-5H,1-2H3,(H2,11,14). The van der Waals surface area contributed by atoms with Crippen molar-refractivity contribution in [2.75, 3.05) is 7.11 Å². The van der Waals surface area contributed by atoms with Crippen LogP contribution in [0.2, 0.25) is 0 Å². The average Bonchev–Trinajstić information content (AvgIpc) is 2.56. The zero-order chi connectivity index (χ0) is 11.0. The van der Waals surface area contributed by atoms with E-state index in [1.807, 2.05) is 6.92 Å². The van der Waals surface area contributed by atoms with E-state index in [2.05, 4.69) is 4.98 Å². The number of carbonyl (C=O) groups excluding carboxylic acids is 1. The number of fused-ring (bicyclic) bond motifs is 1. The van der Waals surface area contributed by atoms with E-state index in [0.29, 0.717) is 11.4 Å². The van der Waals surface area contributed by atoms with Crippen molar-refractivity contribution in [2.24, 2.45) is 5.73 Å². The molecule has 2 aromatic heterocycles. The quantitative estimate of drug-likeness (QED) is 0.762. The molecule has 0 aliphatic rings. The molecule has 2 heterocycles. The van der Waals surface area contributed by atoms with Crippen LogP contribution >= 0.6 is 0 Å². The first-order valence-electron chi connectivity index (χ1n) is 4.46. The average molecular weight is 205 g/mol. The number of carbonyl (C=O) groups is 1. The van der Waals surface area contributed by atoms with Crippen molar-refractivity contribution in [1.82, 2.24) is 9.55 Å². The molecule has 0 bridgehead atoms. The number of aromatic nitrogens is 2. The minimum Gasteiger partial charge on any atom is -0.481 e. The fourth-order valence-electron chi connectivity index (χ4n) is 1.54. The molecule has 0 fully saturated rings. The number of hydrogen-bond donors (Lipinski definition) is 1. The van der Waals surface area contributed by atoms with E-state index < -0.39 is 6.03 Å². The highest BCUT2D eigenvalue weighted by atomic mass is 16.5. The van der Waals surface area contributed by atoms with Gasteiger partial charge < -0.3 is 10.5 Å². The van der Waals surface area contributed by atoms with Crippen LogP contribution in [0.5, 0.6) is 5.88 Å². The zero-order valence-electron chi connectivity index (χ0n) is 8.52. The number of pyridine rings is 1. The Morgan fingerprint density at radius 3 is 2.87 bits per heavy atom. The molecular weight excluding hydrogens is 194 g/mol. The summed E-state index contributed by atoms with van der Waals surface area (Å²) in [7, 11) is 1.55. The summed E-state index contributed by atoms with van der Waals surface area (Å²) in [6.45, 7) is 1.87. The summed E-state index contributed by atoms with van der Waals surface area (Å²) < 4.78 is 6.38. The summed E-state index contributed by atoms with van der Waals surface area (Å²) >= 11 is 0. The second-order valence-corrected chi connectivity index (χ2v) is 3.24. The molecular formula is C10H11N3O2. The second-order valence-electron chi connectivity index (χ2n) is 3.24. The van der Waals surface area contributed by atoms with Gasteiger partial charge in [0.2, 0.25) is 5.88 Å². The summed E-state index contributed by atoms with van der Waals surface area (Å²) in [5.74, 6) is 0.521. The van der Waals surface area contributed by atoms with E-state index in [0.717, 1.165) is 11.1 Å². The Labute approximate surface area is 86.5 Å². The minimum atomic E-state index is -0.514. The van der Waals surface area contributed by atoms with Gasteiger partial charge in [-0.1, -0.05) is 0 Å². The second kappa shape index (κ2) is 3.27.